The number of nitrogens with zero attached hydrogens (tertiary/aromatic N) is 3. The number of nitrogen functional groups attached to an aromatic ring is 1. The molecule has 1 aliphatic heterocycles. The zero-order valence-electron chi connectivity index (χ0n) is 13.9. The van der Waals surface area contributed by atoms with Crippen LogP contribution in [0.15, 0.2) is 35.3 Å². The molecule has 1 saturated heterocycles. The lowest BCUT2D eigenvalue weighted by Crippen LogP contribution is -2.28. The smallest absolute Gasteiger partial charge is 0.354 e. The molecule has 1 saturated carbocycles. The second-order valence-corrected chi connectivity index (χ2v) is 7.02. The Morgan fingerprint density at radius 3 is 2.64 bits per heavy atom. The van der Waals surface area contributed by atoms with Crippen LogP contribution in [-0.4, -0.2) is 40.6 Å². The van der Waals surface area contributed by atoms with Crippen LogP contribution in [-0.2, 0) is 6.42 Å². The van der Waals surface area contributed by atoms with E-state index < -0.39 is 5.69 Å². The number of nitrogens with two attached hydrogens (primary N) is 2. The standard InChI is InChI=1S/C18H22FN5O/c19-16-7-12(24-6-4-17(21)22-18(24)25)2-1-11(16)3-5-23-9-14-13(8-20)15(14)10-23/h1-2,4,6-7,13-15H,3,5,8-10,20H2,(H2,21,22,25)/t13?,14-,15+. The highest BCUT2D eigenvalue weighted by Crippen LogP contribution is 2.50. The van der Waals surface area contributed by atoms with Crippen LogP contribution in [0.1, 0.15) is 5.56 Å². The summed E-state index contributed by atoms with van der Waals surface area (Å²) < 4.78 is 15.7. The number of aromatic nitrogens is 2. The molecule has 2 fully saturated rings. The van der Waals surface area contributed by atoms with Gasteiger partial charge in [-0.05, 0) is 54.5 Å². The van der Waals surface area contributed by atoms with E-state index in [1.165, 1.54) is 22.9 Å². The third kappa shape index (κ3) is 3.05. The van der Waals surface area contributed by atoms with E-state index in [9.17, 15) is 9.18 Å². The molecule has 0 bridgehead atoms. The van der Waals surface area contributed by atoms with E-state index in [-0.39, 0.29) is 11.6 Å². The highest BCUT2D eigenvalue weighted by atomic mass is 19.1. The summed E-state index contributed by atoms with van der Waals surface area (Å²) in [6.07, 6.45) is 2.16. The lowest BCUT2D eigenvalue weighted by atomic mass is 10.1. The topological polar surface area (TPSA) is 90.2 Å². The maximum absolute atomic E-state index is 14.4. The molecule has 1 aromatic heterocycles. The van der Waals surface area contributed by atoms with Gasteiger partial charge in [0.05, 0.1) is 5.69 Å². The Bertz CT molecular complexity index is 840. The second kappa shape index (κ2) is 6.24. The fraction of sp³-hybridized carbons (Fsp3) is 0.444. The van der Waals surface area contributed by atoms with E-state index >= 15 is 0 Å². The number of piperidine rings is 1. The highest BCUT2D eigenvalue weighted by Gasteiger charge is 2.54. The van der Waals surface area contributed by atoms with Crippen LogP contribution >= 0.6 is 0 Å². The first-order valence-corrected chi connectivity index (χ1v) is 8.63. The van der Waals surface area contributed by atoms with Crippen LogP contribution in [0.4, 0.5) is 10.2 Å². The van der Waals surface area contributed by atoms with Crippen molar-refractivity contribution in [2.24, 2.45) is 23.5 Å². The number of benzene rings is 1. The maximum atomic E-state index is 14.4. The van der Waals surface area contributed by atoms with E-state index in [0.717, 1.165) is 38.0 Å². The molecule has 132 valence electrons. The molecule has 4 rings (SSSR count). The molecule has 0 radical (unpaired) electrons. The fourth-order valence-electron chi connectivity index (χ4n) is 4.05. The Morgan fingerprint density at radius 1 is 1.24 bits per heavy atom. The molecule has 7 heteroatoms. The van der Waals surface area contributed by atoms with E-state index in [2.05, 4.69) is 9.88 Å². The highest BCUT2D eigenvalue weighted by molar-refractivity contribution is 5.37. The Kier molecular flexibility index (Phi) is 4.05. The van der Waals surface area contributed by atoms with Crippen molar-refractivity contribution in [3.05, 3.63) is 52.3 Å². The zero-order valence-corrected chi connectivity index (χ0v) is 13.9. The molecule has 1 aliphatic carbocycles. The summed E-state index contributed by atoms with van der Waals surface area (Å²) in [5.74, 6) is 2.06. The largest absolute Gasteiger partial charge is 0.383 e. The number of halogens is 1. The minimum atomic E-state index is -0.516. The number of hydrogen-bond acceptors (Lipinski definition) is 5. The molecule has 0 spiro atoms. The van der Waals surface area contributed by atoms with Crippen LogP contribution in [0.5, 0.6) is 0 Å². The van der Waals surface area contributed by atoms with Crippen molar-refractivity contribution in [2.45, 2.75) is 6.42 Å². The molecule has 3 atom stereocenters. The van der Waals surface area contributed by atoms with E-state index in [0.29, 0.717) is 23.6 Å². The van der Waals surface area contributed by atoms with Crippen molar-refractivity contribution in [2.75, 3.05) is 31.9 Å². The predicted octanol–water partition coefficient (Wildman–Crippen LogP) is 0.633. The maximum Gasteiger partial charge on any atom is 0.354 e. The van der Waals surface area contributed by atoms with Crippen molar-refractivity contribution < 1.29 is 4.39 Å². The molecular formula is C18H22FN5O. The van der Waals surface area contributed by atoms with Crippen LogP contribution in [0, 0.1) is 23.6 Å². The van der Waals surface area contributed by atoms with Gasteiger partial charge in [-0.3, -0.25) is 4.57 Å². The van der Waals surface area contributed by atoms with Crippen LogP contribution in [0.2, 0.25) is 0 Å². The number of likely N-dealkylation sites (tertiary alicyclic amines) is 1. The summed E-state index contributed by atoms with van der Waals surface area (Å²) in [5.41, 5.74) is 11.8. The molecule has 1 unspecified atom stereocenters. The summed E-state index contributed by atoms with van der Waals surface area (Å²) in [6.45, 7) is 3.81. The first-order chi connectivity index (χ1) is 12.1. The monoisotopic (exact) mass is 343 g/mol. The summed E-state index contributed by atoms with van der Waals surface area (Å²) in [6, 6.07) is 6.37. The van der Waals surface area contributed by atoms with Gasteiger partial charge in [0.15, 0.2) is 0 Å². The molecule has 1 aromatic carbocycles. The molecule has 0 amide bonds. The summed E-state index contributed by atoms with van der Waals surface area (Å²) in [5, 5.41) is 0. The summed E-state index contributed by atoms with van der Waals surface area (Å²) in [4.78, 5) is 17.9. The van der Waals surface area contributed by atoms with Crippen molar-refractivity contribution >= 4 is 5.82 Å². The van der Waals surface area contributed by atoms with Gasteiger partial charge in [-0.15, -0.1) is 0 Å². The van der Waals surface area contributed by atoms with E-state index in [1.807, 2.05) is 0 Å². The zero-order chi connectivity index (χ0) is 17.6. The number of rotatable bonds is 5. The van der Waals surface area contributed by atoms with Gasteiger partial charge in [0.1, 0.15) is 11.6 Å². The lowest BCUT2D eigenvalue weighted by Gasteiger charge is -2.19. The van der Waals surface area contributed by atoms with Crippen molar-refractivity contribution in [1.29, 1.82) is 0 Å². The first kappa shape index (κ1) is 16.2. The number of anilines is 1. The molecule has 25 heavy (non-hydrogen) atoms. The van der Waals surface area contributed by atoms with E-state index in [1.54, 1.807) is 12.1 Å². The average Bonchev–Trinajstić information content (AvgIpc) is 3.06. The average molecular weight is 343 g/mol. The van der Waals surface area contributed by atoms with Gasteiger partial charge in [-0.25, -0.2) is 9.18 Å². The van der Waals surface area contributed by atoms with Crippen molar-refractivity contribution in [3.63, 3.8) is 0 Å². The first-order valence-electron chi connectivity index (χ1n) is 8.63. The molecule has 4 N–H and O–H groups in total. The SMILES string of the molecule is NCC1[C@H]2CN(CCc3ccc(-n4ccc(N)nc4=O)cc3F)C[C@@H]12. The predicted molar refractivity (Wildman–Crippen MR) is 93.9 cm³/mol. The van der Waals surface area contributed by atoms with Crippen LogP contribution in [0.25, 0.3) is 5.69 Å². The number of fused-ring (bicyclic) bond motifs is 1. The van der Waals surface area contributed by atoms with Gasteiger partial charge >= 0.3 is 5.69 Å². The van der Waals surface area contributed by atoms with Gasteiger partial charge < -0.3 is 16.4 Å². The Hall–Kier alpha value is -2.25. The van der Waals surface area contributed by atoms with Crippen LogP contribution < -0.4 is 17.2 Å². The van der Waals surface area contributed by atoms with Gasteiger partial charge in [-0.1, -0.05) is 6.07 Å². The van der Waals surface area contributed by atoms with Crippen LogP contribution in [0.3, 0.4) is 0 Å². The fourth-order valence-corrected chi connectivity index (χ4v) is 4.05. The van der Waals surface area contributed by atoms with Gasteiger partial charge in [0, 0.05) is 25.8 Å². The van der Waals surface area contributed by atoms with Crippen molar-refractivity contribution in [3.8, 4) is 5.69 Å². The third-order valence-electron chi connectivity index (χ3n) is 5.56. The Morgan fingerprint density at radius 2 is 2.00 bits per heavy atom. The quantitative estimate of drug-likeness (QED) is 0.831. The van der Waals surface area contributed by atoms with Gasteiger partial charge in [-0.2, -0.15) is 4.98 Å². The minimum absolute atomic E-state index is 0.152. The van der Waals surface area contributed by atoms with E-state index in [4.69, 9.17) is 11.5 Å². The summed E-state index contributed by atoms with van der Waals surface area (Å²) in [7, 11) is 0. The minimum Gasteiger partial charge on any atom is -0.383 e. The number of hydrogen-bond donors (Lipinski definition) is 2. The molecule has 2 aliphatic rings. The molecule has 2 heterocycles. The van der Waals surface area contributed by atoms with Gasteiger partial charge in [0.2, 0.25) is 0 Å². The lowest BCUT2D eigenvalue weighted by molar-refractivity contribution is 0.289. The molecule has 2 aromatic rings. The normalized spacial score (nSPS) is 25.1. The third-order valence-corrected chi connectivity index (χ3v) is 5.56. The molecular weight excluding hydrogens is 321 g/mol. The van der Waals surface area contributed by atoms with Crippen molar-refractivity contribution in [1.82, 2.24) is 14.5 Å². The summed E-state index contributed by atoms with van der Waals surface area (Å²) >= 11 is 0. The Labute approximate surface area is 145 Å². The van der Waals surface area contributed by atoms with Gasteiger partial charge in [0.25, 0.3) is 0 Å². The Balaban J connectivity index is 1.41. The molecule has 6 nitrogen and oxygen atoms in total. The second-order valence-electron chi connectivity index (χ2n) is 7.02.